The molecule has 1 atom stereocenters. The van der Waals surface area contributed by atoms with Crippen LogP contribution in [-0.2, 0) is 4.79 Å². The van der Waals surface area contributed by atoms with Gasteiger partial charge in [0.2, 0.25) is 0 Å². The van der Waals surface area contributed by atoms with Gasteiger partial charge in [0.05, 0.1) is 21.7 Å². The molecule has 1 aromatic heterocycles. The largest absolute Gasteiger partial charge is 0.457 e. The molecule has 2 aliphatic rings. The second kappa shape index (κ2) is 7.68. The highest BCUT2D eigenvalue weighted by Gasteiger charge is 2.42. The first kappa shape index (κ1) is 20.3. The summed E-state index contributed by atoms with van der Waals surface area (Å²) in [6.45, 7) is 0. The molecule has 10 heteroatoms. The molecule has 2 saturated heterocycles. The summed E-state index contributed by atoms with van der Waals surface area (Å²) >= 11 is 18.8. The van der Waals surface area contributed by atoms with E-state index in [2.05, 4.69) is 0 Å². The van der Waals surface area contributed by atoms with Gasteiger partial charge in [-0.1, -0.05) is 47.2 Å². The third kappa shape index (κ3) is 4.00. The lowest BCUT2D eigenvalue weighted by molar-refractivity contribution is -0.123. The molecule has 0 aliphatic carbocycles. The number of carbonyl (C=O) groups is 1. The lowest BCUT2D eigenvalue weighted by Crippen LogP contribution is -2.39. The number of amides is 1. The Morgan fingerprint density at radius 3 is 2.79 bits per heavy atom. The van der Waals surface area contributed by atoms with Gasteiger partial charge in [0.1, 0.15) is 15.8 Å². The standard InChI is InChI=1S/C18H15Cl2NO4S3/c19-10-1-3-14(20)13(7-10)15-4-2-12(25-15)8-16-17(22)21(18(26)27-16)11-5-6-28(23,24)9-11/h1-4,7-8,11,23-24H,5-6,9H2. The van der Waals surface area contributed by atoms with Crippen LogP contribution >= 0.6 is 57.8 Å². The van der Waals surface area contributed by atoms with Gasteiger partial charge in [-0.3, -0.25) is 18.8 Å². The summed E-state index contributed by atoms with van der Waals surface area (Å²) in [5, 5.41) is 1.05. The maximum atomic E-state index is 12.8. The average molecular weight is 476 g/mol. The molecular weight excluding hydrogens is 461 g/mol. The third-order valence-corrected chi connectivity index (χ3v) is 8.22. The van der Waals surface area contributed by atoms with Crippen LogP contribution in [0.1, 0.15) is 12.2 Å². The Morgan fingerprint density at radius 2 is 2.07 bits per heavy atom. The Morgan fingerprint density at radius 1 is 1.29 bits per heavy atom. The smallest absolute Gasteiger partial charge is 0.266 e. The number of thioether (sulfide) groups is 1. The molecule has 5 nitrogen and oxygen atoms in total. The first-order valence-corrected chi connectivity index (χ1v) is 12.2. The van der Waals surface area contributed by atoms with Crippen LogP contribution in [0.15, 0.2) is 39.7 Å². The topological polar surface area (TPSA) is 73.9 Å². The van der Waals surface area contributed by atoms with E-state index in [1.54, 1.807) is 36.4 Å². The lowest BCUT2D eigenvalue weighted by Gasteiger charge is -2.28. The second-order valence-corrected chi connectivity index (χ2v) is 11.4. The fourth-order valence-electron chi connectivity index (χ4n) is 3.19. The predicted molar refractivity (Wildman–Crippen MR) is 120 cm³/mol. The van der Waals surface area contributed by atoms with Crippen LogP contribution in [0.2, 0.25) is 10.0 Å². The van der Waals surface area contributed by atoms with Crippen LogP contribution in [0.25, 0.3) is 17.4 Å². The van der Waals surface area contributed by atoms with E-state index in [0.29, 0.717) is 48.5 Å². The number of furan rings is 1. The normalized spacial score (nSPS) is 24.4. The summed E-state index contributed by atoms with van der Waals surface area (Å²) < 4.78 is 25.9. The SMILES string of the molecule is O=C1C(=Cc2ccc(-c3cc(Cl)ccc3Cl)o2)SC(=S)N1C1CCS(O)(O)C1. The molecule has 1 aromatic carbocycles. The molecule has 1 unspecified atom stereocenters. The minimum Gasteiger partial charge on any atom is -0.457 e. The van der Waals surface area contributed by atoms with Crippen molar-refractivity contribution in [1.82, 2.24) is 4.90 Å². The summed E-state index contributed by atoms with van der Waals surface area (Å²) in [7, 11) is -2.62. The molecule has 2 aromatic rings. The van der Waals surface area contributed by atoms with E-state index in [-0.39, 0.29) is 17.7 Å². The van der Waals surface area contributed by atoms with Crippen molar-refractivity contribution in [1.29, 1.82) is 0 Å². The number of carbonyl (C=O) groups excluding carboxylic acids is 1. The Bertz CT molecular complexity index is 1000. The van der Waals surface area contributed by atoms with Crippen LogP contribution < -0.4 is 0 Å². The molecule has 0 saturated carbocycles. The molecule has 2 aliphatic heterocycles. The van der Waals surface area contributed by atoms with Crippen molar-refractivity contribution < 1.29 is 18.3 Å². The fraction of sp³-hybridized carbons (Fsp3) is 0.222. The summed E-state index contributed by atoms with van der Waals surface area (Å²) in [5.41, 5.74) is 0.664. The number of thiocarbonyl (C=S) groups is 1. The van der Waals surface area contributed by atoms with E-state index in [4.69, 9.17) is 39.8 Å². The molecular formula is C18H15Cl2NO4S3. The number of hydrogen-bond acceptors (Lipinski definition) is 6. The van der Waals surface area contributed by atoms with Gasteiger partial charge in [-0.05, 0) is 36.8 Å². The molecule has 4 rings (SSSR count). The molecule has 0 spiro atoms. The fourth-order valence-corrected chi connectivity index (χ4v) is 6.70. The van der Waals surface area contributed by atoms with Gasteiger partial charge in [-0.2, -0.15) is 10.6 Å². The Hall–Kier alpha value is -1.000. The van der Waals surface area contributed by atoms with E-state index < -0.39 is 10.6 Å². The van der Waals surface area contributed by atoms with Crippen LogP contribution in [0.4, 0.5) is 0 Å². The van der Waals surface area contributed by atoms with Crippen LogP contribution in [-0.4, -0.2) is 41.8 Å². The average Bonchev–Trinajstić information content (AvgIpc) is 3.29. The molecule has 28 heavy (non-hydrogen) atoms. The molecule has 1 amide bonds. The Kier molecular flexibility index (Phi) is 5.56. The number of hydrogen-bond donors (Lipinski definition) is 2. The van der Waals surface area contributed by atoms with E-state index in [1.807, 2.05) is 0 Å². The van der Waals surface area contributed by atoms with Gasteiger partial charge >= 0.3 is 0 Å². The third-order valence-electron chi connectivity index (χ3n) is 4.52. The quantitative estimate of drug-likeness (QED) is 0.420. The van der Waals surface area contributed by atoms with Crippen molar-refractivity contribution in [2.75, 3.05) is 11.5 Å². The molecule has 3 heterocycles. The summed E-state index contributed by atoms with van der Waals surface area (Å²) in [5.74, 6) is 1.26. The number of rotatable bonds is 3. The molecule has 0 bridgehead atoms. The van der Waals surface area contributed by atoms with Crippen LogP contribution in [0, 0.1) is 0 Å². The molecule has 148 valence electrons. The van der Waals surface area contributed by atoms with Gasteiger partial charge in [-0.25, -0.2) is 0 Å². The van der Waals surface area contributed by atoms with Gasteiger partial charge in [0.15, 0.2) is 0 Å². The van der Waals surface area contributed by atoms with Crippen molar-refractivity contribution in [2.45, 2.75) is 12.5 Å². The highest BCUT2D eigenvalue weighted by atomic mass is 35.5. The highest BCUT2D eigenvalue weighted by molar-refractivity contribution is 8.27. The van der Waals surface area contributed by atoms with Crippen molar-refractivity contribution in [3.63, 3.8) is 0 Å². The Balaban J connectivity index is 1.57. The molecule has 2 fully saturated rings. The zero-order valence-electron chi connectivity index (χ0n) is 14.3. The first-order chi connectivity index (χ1) is 13.2. The van der Waals surface area contributed by atoms with Gasteiger partial charge < -0.3 is 4.42 Å². The first-order valence-electron chi connectivity index (χ1n) is 8.29. The van der Waals surface area contributed by atoms with Crippen LogP contribution in [0.5, 0.6) is 0 Å². The predicted octanol–water partition coefficient (Wildman–Crippen LogP) is 5.98. The molecule has 0 radical (unpaired) electrons. The Labute approximate surface area is 183 Å². The van der Waals surface area contributed by atoms with Crippen molar-refractivity contribution in [3.05, 3.63) is 51.0 Å². The van der Waals surface area contributed by atoms with Crippen LogP contribution in [0.3, 0.4) is 0 Å². The number of nitrogens with zero attached hydrogens (tertiary/aromatic N) is 1. The van der Waals surface area contributed by atoms with E-state index >= 15 is 0 Å². The maximum Gasteiger partial charge on any atom is 0.266 e. The summed E-state index contributed by atoms with van der Waals surface area (Å²) in [6, 6.07) is 8.33. The number of halogens is 2. The number of benzene rings is 1. The van der Waals surface area contributed by atoms with E-state index in [0.717, 1.165) is 0 Å². The minimum absolute atomic E-state index is 0.172. The summed E-state index contributed by atoms with van der Waals surface area (Å²) in [4.78, 5) is 14.7. The summed E-state index contributed by atoms with van der Waals surface area (Å²) in [6.07, 6.45) is 2.16. The second-order valence-electron chi connectivity index (χ2n) is 6.49. The van der Waals surface area contributed by atoms with Gasteiger partial charge in [-0.15, -0.1) is 0 Å². The van der Waals surface area contributed by atoms with Crippen molar-refractivity contribution in [3.8, 4) is 11.3 Å². The van der Waals surface area contributed by atoms with Crippen molar-refractivity contribution in [2.24, 2.45) is 0 Å². The minimum atomic E-state index is -2.62. The van der Waals surface area contributed by atoms with Crippen molar-refractivity contribution >= 4 is 74.1 Å². The van der Waals surface area contributed by atoms with Gasteiger partial charge in [0, 0.05) is 22.4 Å². The zero-order valence-corrected chi connectivity index (χ0v) is 18.3. The maximum absolute atomic E-state index is 12.8. The van der Waals surface area contributed by atoms with E-state index in [1.165, 1.54) is 16.7 Å². The van der Waals surface area contributed by atoms with E-state index in [9.17, 15) is 13.9 Å². The lowest BCUT2D eigenvalue weighted by atomic mass is 10.2. The molecule has 2 N–H and O–H groups in total. The highest BCUT2D eigenvalue weighted by Crippen LogP contribution is 2.49. The zero-order chi connectivity index (χ0) is 20.1. The van der Waals surface area contributed by atoms with Gasteiger partial charge in [0.25, 0.3) is 5.91 Å². The monoisotopic (exact) mass is 475 g/mol.